The maximum absolute atomic E-state index is 14.4. The molecule has 0 radical (unpaired) electrons. The Balaban J connectivity index is 1.25. The highest BCUT2D eigenvalue weighted by Crippen LogP contribution is 2.34. The summed E-state index contributed by atoms with van der Waals surface area (Å²) in [6.45, 7) is 3.27. The van der Waals surface area contributed by atoms with Crippen molar-refractivity contribution in [3.8, 4) is 11.5 Å². The SMILES string of the molecule is O=C(NC1CCCCC1)[C@H](c1ccc(N2CCOCC2)cc1)N(Cc1ccc2c(c1)OCO2)C(=O)Cn1nnc2ccccc21. The van der Waals surface area contributed by atoms with Gasteiger partial charge in [0.2, 0.25) is 18.6 Å². The molecule has 11 nitrogen and oxygen atoms in total. The Hall–Kier alpha value is -4.64. The van der Waals surface area contributed by atoms with Gasteiger partial charge in [-0.15, -0.1) is 5.10 Å². The first-order valence-electron chi connectivity index (χ1n) is 15.8. The Morgan fingerprint density at radius 2 is 1.71 bits per heavy atom. The minimum absolute atomic E-state index is 0.0653. The van der Waals surface area contributed by atoms with E-state index in [1.54, 1.807) is 9.58 Å². The van der Waals surface area contributed by atoms with Crippen LogP contribution in [0.5, 0.6) is 11.5 Å². The number of anilines is 1. The summed E-state index contributed by atoms with van der Waals surface area (Å²) in [6, 6.07) is 20.4. The Kier molecular flexibility index (Phi) is 8.50. The minimum Gasteiger partial charge on any atom is -0.454 e. The molecule has 4 aromatic rings. The van der Waals surface area contributed by atoms with Crippen molar-refractivity contribution >= 4 is 28.5 Å². The number of fused-ring (bicyclic) bond motifs is 2. The molecule has 1 atom stereocenters. The van der Waals surface area contributed by atoms with Crippen LogP contribution in [0.1, 0.15) is 49.3 Å². The van der Waals surface area contributed by atoms with Crippen LogP contribution in [0, 0.1) is 0 Å². The topological polar surface area (TPSA) is 111 Å². The van der Waals surface area contributed by atoms with Crippen LogP contribution in [-0.2, 0) is 27.4 Å². The van der Waals surface area contributed by atoms with E-state index in [-0.39, 0.29) is 37.7 Å². The van der Waals surface area contributed by atoms with Crippen LogP contribution in [-0.4, -0.2) is 70.8 Å². The molecule has 2 fully saturated rings. The smallest absolute Gasteiger partial charge is 0.247 e. The molecule has 2 aliphatic heterocycles. The number of benzene rings is 3. The van der Waals surface area contributed by atoms with Crippen LogP contribution in [0.4, 0.5) is 5.69 Å². The Morgan fingerprint density at radius 1 is 0.933 bits per heavy atom. The highest BCUT2D eigenvalue weighted by molar-refractivity contribution is 5.89. The van der Waals surface area contributed by atoms with Gasteiger partial charge in [-0.1, -0.05) is 54.8 Å². The van der Waals surface area contributed by atoms with Gasteiger partial charge in [-0.3, -0.25) is 9.59 Å². The molecule has 1 aromatic heterocycles. The number of ether oxygens (including phenoxy) is 3. The third kappa shape index (κ3) is 6.44. The van der Waals surface area contributed by atoms with Gasteiger partial charge in [-0.2, -0.15) is 0 Å². The first-order valence-corrected chi connectivity index (χ1v) is 15.8. The Labute approximate surface area is 262 Å². The fourth-order valence-corrected chi connectivity index (χ4v) is 6.50. The second kappa shape index (κ2) is 13.2. The highest BCUT2D eigenvalue weighted by atomic mass is 16.7. The van der Waals surface area contributed by atoms with E-state index in [1.807, 2.05) is 66.7 Å². The van der Waals surface area contributed by atoms with Crippen LogP contribution in [0.25, 0.3) is 11.0 Å². The second-order valence-corrected chi connectivity index (χ2v) is 11.9. The van der Waals surface area contributed by atoms with Gasteiger partial charge in [-0.05, 0) is 60.4 Å². The van der Waals surface area contributed by atoms with E-state index in [0.717, 1.165) is 61.1 Å². The van der Waals surface area contributed by atoms with Crippen LogP contribution < -0.4 is 19.7 Å². The number of hydrogen-bond donors (Lipinski definition) is 1. The summed E-state index contributed by atoms with van der Waals surface area (Å²) in [7, 11) is 0. The number of hydrogen-bond acceptors (Lipinski definition) is 8. The average Bonchev–Trinajstić information content (AvgIpc) is 3.72. The molecule has 3 aliphatic rings. The maximum atomic E-state index is 14.4. The first kappa shape index (κ1) is 29.1. The fourth-order valence-electron chi connectivity index (χ4n) is 6.50. The summed E-state index contributed by atoms with van der Waals surface area (Å²) in [5.41, 5.74) is 4.11. The van der Waals surface area contributed by atoms with Crippen LogP contribution in [0.3, 0.4) is 0 Å². The van der Waals surface area contributed by atoms with Gasteiger partial charge in [0.15, 0.2) is 11.5 Å². The lowest BCUT2D eigenvalue weighted by Crippen LogP contribution is -2.47. The van der Waals surface area contributed by atoms with Crippen molar-refractivity contribution in [1.82, 2.24) is 25.2 Å². The first-order chi connectivity index (χ1) is 22.1. The maximum Gasteiger partial charge on any atom is 0.247 e. The quantitative estimate of drug-likeness (QED) is 0.300. The Bertz CT molecular complexity index is 1640. The standard InChI is InChI=1S/C34H38N6O5/c41-32(22-40-29-9-5-4-8-28(29)36-37-40)39(21-24-10-15-30-31(20-24)45-23-44-30)33(34(42)35-26-6-2-1-3-7-26)25-11-13-27(14-12-25)38-16-18-43-19-17-38/h4-5,8-15,20,26,33H,1-3,6-7,16-19,21-23H2,(H,35,42)/t33-/m0/s1. The van der Waals surface area contributed by atoms with E-state index >= 15 is 0 Å². The van der Waals surface area contributed by atoms with E-state index in [2.05, 4.69) is 20.5 Å². The summed E-state index contributed by atoms with van der Waals surface area (Å²) in [4.78, 5) is 32.7. The largest absolute Gasteiger partial charge is 0.454 e. The van der Waals surface area contributed by atoms with E-state index in [9.17, 15) is 9.59 Å². The van der Waals surface area contributed by atoms with Crippen molar-refractivity contribution in [3.63, 3.8) is 0 Å². The number of morpholine rings is 1. The number of nitrogens with one attached hydrogen (secondary N) is 1. The number of aromatic nitrogens is 3. The van der Waals surface area contributed by atoms with E-state index in [4.69, 9.17) is 14.2 Å². The normalized spacial score (nSPS) is 17.3. The average molecular weight is 611 g/mol. The predicted molar refractivity (Wildman–Crippen MR) is 168 cm³/mol. The van der Waals surface area contributed by atoms with Gasteiger partial charge in [-0.25, -0.2) is 4.68 Å². The van der Waals surface area contributed by atoms with Gasteiger partial charge in [0.1, 0.15) is 18.1 Å². The molecule has 3 aromatic carbocycles. The molecule has 45 heavy (non-hydrogen) atoms. The van der Waals surface area contributed by atoms with Crippen LogP contribution >= 0.6 is 0 Å². The fraction of sp³-hybridized carbons (Fsp3) is 0.412. The summed E-state index contributed by atoms with van der Waals surface area (Å²) in [6.07, 6.45) is 5.23. The molecule has 0 bridgehead atoms. The predicted octanol–water partition coefficient (Wildman–Crippen LogP) is 4.22. The van der Waals surface area contributed by atoms with Crippen molar-refractivity contribution in [2.24, 2.45) is 0 Å². The zero-order chi connectivity index (χ0) is 30.6. The molecule has 1 aliphatic carbocycles. The summed E-state index contributed by atoms with van der Waals surface area (Å²) < 4.78 is 18.3. The van der Waals surface area contributed by atoms with Crippen LogP contribution in [0.2, 0.25) is 0 Å². The highest BCUT2D eigenvalue weighted by Gasteiger charge is 2.34. The second-order valence-electron chi connectivity index (χ2n) is 11.9. The molecule has 2 amide bonds. The molecule has 1 N–H and O–H groups in total. The molecule has 234 valence electrons. The molecule has 0 unspecified atom stereocenters. The van der Waals surface area contributed by atoms with Crippen LogP contribution in [0.15, 0.2) is 66.7 Å². The number of carbonyl (C=O) groups is 2. The lowest BCUT2D eigenvalue weighted by molar-refractivity contribution is -0.142. The molecular formula is C34H38N6O5. The van der Waals surface area contributed by atoms with E-state index < -0.39 is 6.04 Å². The summed E-state index contributed by atoms with van der Waals surface area (Å²) in [5.74, 6) is 0.860. The van der Waals surface area contributed by atoms with Crippen molar-refractivity contribution in [3.05, 3.63) is 77.9 Å². The monoisotopic (exact) mass is 610 g/mol. The van der Waals surface area contributed by atoms with Gasteiger partial charge in [0, 0.05) is 31.4 Å². The number of nitrogens with zero attached hydrogens (tertiary/aromatic N) is 5. The number of rotatable bonds is 9. The van der Waals surface area contributed by atoms with Crippen molar-refractivity contribution in [2.75, 3.05) is 38.0 Å². The summed E-state index contributed by atoms with van der Waals surface area (Å²) >= 11 is 0. The van der Waals surface area contributed by atoms with Crippen molar-refractivity contribution < 1.29 is 23.8 Å². The number of carbonyl (C=O) groups excluding carboxylic acids is 2. The minimum atomic E-state index is -0.863. The zero-order valence-corrected chi connectivity index (χ0v) is 25.3. The molecule has 3 heterocycles. The Morgan fingerprint density at radius 3 is 2.53 bits per heavy atom. The van der Waals surface area contributed by atoms with Crippen molar-refractivity contribution in [2.45, 2.75) is 57.3 Å². The molecular weight excluding hydrogens is 572 g/mol. The van der Waals surface area contributed by atoms with Gasteiger partial charge in [0.25, 0.3) is 0 Å². The van der Waals surface area contributed by atoms with Gasteiger partial charge < -0.3 is 29.3 Å². The molecule has 0 spiro atoms. The third-order valence-electron chi connectivity index (χ3n) is 8.91. The van der Waals surface area contributed by atoms with E-state index in [1.165, 1.54) is 6.42 Å². The number of amides is 2. The molecule has 11 heteroatoms. The van der Waals surface area contributed by atoms with Gasteiger partial charge in [0.05, 0.1) is 18.7 Å². The summed E-state index contributed by atoms with van der Waals surface area (Å²) in [5, 5.41) is 11.8. The van der Waals surface area contributed by atoms with Crippen molar-refractivity contribution in [1.29, 1.82) is 0 Å². The lowest BCUT2D eigenvalue weighted by Gasteiger charge is -2.34. The zero-order valence-electron chi connectivity index (χ0n) is 25.3. The lowest BCUT2D eigenvalue weighted by atomic mass is 9.94. The van der Waals surface area contributed by atoms with E-state index in [0.29, 0.717) is 30.2 Å². The number of para-hydroxylation sites is 1. The van der Waals surface area contributed by atoms with Gasteiger partial charge >= 0.3 is 0 Å². The molecule has 7 rings (SSSR count). The third-order valence-corrected chi connectivity index (χ3v) is 8.91. The molecule has 1 saturated heterocycles. The molecule has 1 saturated carbocycles.